The number of carbonyl (C=O) groups excluding carboxylic acids is 1. The molecule has 2 aliphatic carbocycles. The molecule has 0 unspecified atom stereocenters. The van der Waals surface area contributed by atoms with Crippen LogP contribution in [0.4, 0.5) is 0 Å². The van der Waals surface area contributed by atoms with Gasteiger partial charge < -0.3 is 4.57 Å². The molecule has 0 saturated heterocycles. The number of rotatable bonds is 3. The van der Waals surface area contributed by atoms with Gasteiger partial charge in [-0.05, 0) is 74.8 Å². The van der Waals surface area contributed by atoms with Crippen LogP contribution in [0, 0.1) is 0 Å². The van der Waals surface area contributed by atoms with Crippen LogP contribution < -0.4 is 0 Å². The van der Waals surface area contributed by atoms with Crippen LogP contribution in [0.5, 0.6) is 0 Å². The molecule has 0 atom stereocenters. The molecule has 7 aromatic carbocycles. The highest BCUT2D eigenvalue weighted by Gasteiger charge is 2.50. The van der Waals surface area contributed by atoms with Crippen molar-refractivity contribution >= 4 is 27.6 Å². The third-order valence-corrected chi connectivity index (χ3v) is 12.3. The standard InChI is InChI=1S/C50H39NO/c1-48(2)40-23-13-14-24-41(40)49(3,4)44-31-42-38(30-43(44)48)47(52)37-29-34(51-45-25-15-11-21-35(45)36-22-12-16-26-46(36)51)27-28-39(37)50(42,32-17-7-5-8-18-32)33-19-9-6-10-20-33/h5-31H,1-4H3. The Kier molecular flexibility index (Phi) is 6.37. The number of aromatic nitrogens is 1. The Morgan fingerprint density at radius 2 is 0.865 bits per heavy atom. The Morgan fingerprint density at radius 1 is 0.404 bits per heavy atom. The van der Waals surface area contributed by atoms with Gasteiger partial charge >= 0.3 is 0 Å². The highest BCUT2D eigenvalue weighted by atomic mass is 16.1. The molecule has 0 fully saturated rings. The quantitative estimate of drug-likeness (QED) is 0.183. The molecule has 0 spiro atoms. The van der Waals surface area contributed by atoms with Gasteiger partial charge in [0.1, 0.15) is 0 Å². The third-order valence-electron chi connectivity index (χ3n) is 12.3. The largest absolute Gasteiger partial charge is 0.309 e. The zero-order valence-corrected chi connectivity index (χ0v) is 29.9. The van der Waals surface area contributed by atoms with E-state index in [1.165, 1.54) is 33.0 Å². The van der Waals surface area contributed by atoms with Crippen molar-refractivity contribution in [2.75, 3.05) is 0 Å². The maximum absolute atomic E-state index is 15.4. The Bertz CT molecular complexity index is 2650. The fourth-order valence-corrected chi connectivity index (χ4v) is 9.84. The molecule has 1 aromatic heterocycles. The van der Waals surface area contributed by atoms with E-state index in [1.807, 2.05) is 0 Å². The fourth-order valence-electron chi connectivity index (χ4n) is 9.84. The molecular weight excluding hydrogens is 631 g/mol. The molecular formula is C50H39NO. The van der Waals surface area contributed by atoms with Gasteiger partial charge in [0.15, 0.2) is 5.78 Å². The molecule has 52 heavy (non-hydrogen) atoms. The van der Waals surface area contributed by atoms with E-state index in [4.69, 9.17) is 0 Å². The summed E-state index contributed by atoms with van der Waals surface area (Å²) in [6.45, 7) is 9.32. The minimum Gasteiger partial charge on any atom is -0.309 e. The first-order valence-corrected chi connectivity index (χ1v) is 18.3. The number of benzene rings is 7. The highest BCUT2D eigenvalue weighted by molar-refractivity contribution is 6.15. The maximum Gasteiger partial charge on any atom is 0.193 e. The molecule has 2 aliphatic rings. The van der Waals surface area contributed by atoms with Gasteiger partial charge in [-0.1, -0.05) is 161 Å². The number of hydrogen-bond acceptors (Lipinski definition) is 1. The molecule has 1 heterocycles. The fraction of sp³-hybridized carbons (Fsp3) is 0.140. The normalized spacial score (nSPS) is 16.2. The average molecular weight is 670 g/mol. The van der Waals surface area contributed by atoms with Crippen molar-refractivity contribution in [3.8, 4) is 5.69 Å². The van der Waals surface area contributed by atoms with Gasteiger partial charge in [-0.3, -0.25) is 4.79 Å². The Hall–Kier alpha value is -5.99. The topological polar surface area (TPSA) is 22.0 Å². The summed E-state index contributed by atoms with van der Waals surface area (Å²) in [5.41, 5.74) is 13.0. The molecule has 0 N–H and O–H groups in total. The van der Waals surface area contributed by atoms with E-state index in [9.17, 15) is 0 Å². The minimum atomic E-state index is -0.729. The average Bonchev–Trinajstić information content (AvgIpc) is 3.52. The number of ketones is 1. The molecule has 10 rings (SSSR count). The van der Waals surface area contributed by atoms with Crippen LogP contribution in [0.25, 0.3) is 27.5 Å². The van der Waals surface area contributed by atoms with Crippen LogP contribution in [0.15, 0.2) is 164 Å². The van der Waals surface area contributed by atoms with Crippen molar-refractivity contribution in [3.63, 3.8) is 0 Å². The van der Waals surface area contributed by atoms with Gasteiger partial charge in [-0.2, -0.15) is 0 Å². The van der Waals surface area contributed by atoms with E-state index in [2.05, 4.69) is 196 Å². The highest BCUT2D eigenvalue weighted by Crippen LogP contribution is 2.56. The lowest BCUT2D eigenvalue weighted by molar-refractivity contribution is 0.103. The summed E-state index contributed by atoms with van der Waals surface area (Å²) in [7, 11) is 0. The minimum absolute atomic E-state index is 0.0744. The van der Waals surface area contributed by atoms with Crippen LogP contribution >= 0.6 is 0 Å². The van der Waals surface area contributed by atoms with Crippen LogP contribution in [0.1, 0.15) is 88.1 Å². The lowest BCUT2D eigenvalue weighted by atomic mass is 9.55. The van der Waals surface area contributed by atoms with Gasteiger partial charge in [0, 0.05) is 38.4 Å². The van der Waals surface area contributed by atoms with Crippen molar-refractivity contribution in [2.45, 2.75) is 43.9 Å². The number of carbonyl (C=O) groups is 1. The predicted molar refractivity (Wildman–Crippen MR) is 213 cm³/mol. The maximum atomic E-state index is 15.4. The number of hydrogen-bond donors (Lipinski definition) is 0. The van der Waals surface area contributed by atoms with Crippen molar-refractivity contribution in [1.29, 1.82) is 0 Å². The van der Waals surface area contributed by atoms with E-state index in [1.54, 1.807) is 0 Å². The Balaban J connectivity index is 1.33. The number of nitrogens with zero attached hydrogens (tertiary/aromatic N) is 1. The molecule has 2 nitrogen and oxygen atoms in total. The molecule has 2 heteroatoms. The molecule has 0 aliphatic heterocycles. The first-order chi connectivity index (χ1) is 25.2. The lowest BCUT2D eigenvalue weighted by Crippen LogP contribution is -2.41. The Labute approximate surface area is 305 Å². The van der Waals surface area contributed by atoms with Crippen LogP contribution in [-0.2, 0) is 16.2 Å². The summed E-state index contributed by atoms with van der Waals surface area (Å²) in [6.07, 6.45) is 0. The van der Waals surface area contributed by atoms with E-state index in [-0.39, 0.29) is 16.6 Å². The molecule has 250 valence electrons. The van der Waals surface area contributed by atoms with E-state index >= 15 is 4.79 Å². The number of fused-ring (bicyclic) bond motifs is 7. The molecule has 0 bridgehead atoms. The predicted octanol–water partition coefficient (Wildman–Crippen LogP) is 11.7. The lowest BCUT2D eigenvalue weighted by Gasteiger charge is -2.47. The van der Waals surface area contributed by atoms with E-state index in [0.29, 0.717) is 0 Å². The van der Waals surface area contributed by atoms with Gasteiger partial charge in [0.2, 0.25) is 0 Å². The van der Waals surface area contributed by atoms with Crippen molar-refractivity contribution in [1.82, 2.24) is 4.57 Å². The zero-order chi connectivity index (χ0) is 35.4. The summed E-state index contributed by atoms with van der Waals surface area (Å²) in [5, 5.41) is 2.40. The van der Waals surface area contributed by atoms with Crippen molar-refractivity contribution in [3.05, 3.63) is 219 Å². The summed E-state index contributed by atoms with van der Waals surface area (Å²) in [6, 6.07) is 58.9. The first kappa shape index (κ1) is 30.8. The van der Waals surface area contributed by atoms with E-state index < -0.39 is 5.41 Å². The third kappa shape index (κ3) is 3.93. The summed E-state index contributed by atoms with van der Waals surface area (Å²) >= 11 is 0. The molecule has 8 aromatic rings. The second-order valence-corrected chi connectivity index (χ2v) is 15.6. The zero-order valence-electron chi connectivity index (χ0n) is 29.9. The van der Waals surface area contributed by atoms with Gasteiger partial charge in [0.05, 0.1) is 16.4 Å². The van der Waals surface area contributed by atoms with Gasteiger partial charge in [0.25, 0.3) is 0 Å². The number of para-hydroxylation sites is 2. The van der Waals surface area contributed by atoms with E-state index in [0.717, 1.165) is 50.1 Å². The monoisotopic (exact) mass is 669 g/mol. The smallest absolute Gasteiger partial charge is 0.193 e. The molecule has 0 radical (unpaired) electrons. The van der Waals surface area contributed by atoms with Crippen molar-refractivity contribution in [2.24, 2.45) is 0 Å². The van der Waals surface area contributed by atoms with Crippen molar-refractivity contribution < 1.29 is 4.79 Å². The van der Waals surface area contributed by atoms with Gasteiger partial charge in [-0.25, -0.2) is 0 Å². The SMILES string of the molecule is CC1(C)c2ccccc2C(C)(C)c2cc3c(cc21)C(=O)c1cc(-n2c4ccccc4c4ccccc42)ccc1C3(c1ccccc1)c1ccccc1. The summed E-state index contributed by atoms with van der Waals surface area (Å²) < 4.78 is 2.32. The Morgan fingerprint density at radius 3 is 1.42 bits per heavy atom. The molecule has 0 amide bonds. The second kappa shape index (κ2) is 10.8. The van der Waals surface area contributed by atoms with Crippen LogP contribution in [0.3, 0.4) is 0 Å². The summed E-state index contributed by atoms with van der Waals surface area (Å²) in [4.78, 5) is 15.4. The van der Waals surface area contributed by atoms with Crippen LogP contribution in [0.2, 0.25) is 0 Å². The second-order valence-electron chi connectivity index (χ2n) is 15.6. The molecule has 0 saturated carbocycles. The first-order valence-electron chi connectivity index (χ1n) is 18.3. The summed E-state index contributed by atoms with van der Waals surface area (Å²) in [5.74, 6) is 0.0744. The van der Waals surface area contributed by atoms with Crippen LogP contribution in [-0.4, -0.2) is 10.4 Å². The van der Waals surface area contributed by atoms with Gasteiger partial charge in [-0.15, -0.1) is 0 Å².